The van der Waals surface area contributed by atoms with Crippen molar-refractivity contribution in [3.05, 3.63) is 23.7 Å². The van der Waals surface area contributed by atoms with Crippen molar-refractivity contribution in [2.75, 3.05) is 6.54 Å². The summed E-state index contributed by atoms with van der Waals surface area (Å²) in [6.45, 7) is 2.77. The van der Waals surface area contributed by atoms with Gasteiger partial charge < -0.3 is 9.73 Å². The standard InChI is InChI=1S/C14H20BrNO2/c1-2-13-12(6-7-18-13)14(17)16-9-10-4-3-5-11(15)8-10/h6-7,10-11H,2-5,8-9H2,1H3,(H,16,17). The van der Waals surface area contributed by atoms with Crippen molar-refractivity contribution in [3.63, 3.8) is 0 Å². The molecule has 1 aliphatic carbocycles. The smallest absolute Gasteiger partial charge is 0.254 e. The van der Waals surface area contributed by atoms with E-state index in [1.54, 1.807) is 12.3 Å². The Kier molecular flexibility index (Phi) is 4.87. The summed E-state index contributed by atoms with van der Waals surface area (Å²) >= 11 is 3.67. The topological polar surface area (TPSA) is 42.2 Å². The van der Waals surface area contributed by atoms with E-state index in [2.05, 4.69) is 21.2 Å². The van der Waals surface area contributed by atoms with E-state index in [-0.39, 0.29) is 5.91 Å². The van der Waals surface area contributed by atoms with Gasteiger partial charge in [-0.3, -0.25) is 4.79 Å². The molecule has 100 valence electrons. The van der Waals surface area contributed by atoms with Crippen LogP contribution in [-0.4, -0.2) is 17.3 Å². The van der Waals surface area contributed by atoms with Gasteiger partial charge in [0.25, 0.3) is 5.91 Å². The zero-order valence-corrected chi connectivity index (χ0v) is 12.3. The van der Waals surface area contributed by atoms with Gasteiger partial charge in [-0.1, -0.05) is 29.3 Å². The van der Waals surface area contributed by atoms with Gasteiger partial charge in [0.1, 0.15) is 5.76 Å². The molecule has 0 bridgehead atoms. The molecule has 1 saturated carbocycles. The Hall–Kier alpha value is -0.770. The third-order valence-electron chi connectivity index (χ3n) is 3.58. The van der Waals surface area contributed by atoms with Crippen LogP contribution in [0.3, 0.4) is 0 Å². The molecule has 1 aromatic heterocycles. The second-order valence-electron chi connectivity index (χ2n) is 4.95. The van der Waals surface area contributed by atoms with Gasteiger partial charge in [0.15, 0.2) is 0 Å². The van der Waals surface area contributed by atoms with E-state index in [0.717, 1.165) is 25.1 Å². The van der Waals surface area contributed by atoms with Crippen LogP contribution >= 0.6 is 15.9 Å². The number of halogens is 1. The first-order valence-electron chi connectivity index (χ1n) is 6.69. The van der Waals surface area contributed by atoms with Gasteiger partial charge in [0.2, 0.25) is 0 Å². The van der Waals surface area contributed by atoms with E-state index in [9.17, 15) is 4.79 Å². The number of carbonyl (C=O) groups is 1. The molecule has 4 heteroatoms. The van der Waals surface area contributed by atoms with Crippen molar-refractivity contribution in [3.8, 4) is 0 Å². The van der Waals surface area contributed by atoms with Crippen LogP contribution in [0.2, 0.25) is 0 Å². The number of furan rings is 1. The van der Waals surface area contributed by atoms with E-state index in [0.29, 0.717) is 16.3 Å². The van der Waals surface area contributed by atoms with Gasteiger partial charge in [-0.15, -0.1) is 0 Å². The van der Waals surface area contributed by atoms with Crippen LogP contribution in [0.4, 0.5) is 0 Å². The molecule has 1 amide bonds. The Morgan fingerprint density at radius 1 is 1.56 bits per heavy atom. The molecule has 18 heavy (non-hydrogen) atoms. The third kappa shape index (κ3) is 3.37. The highest BCUT2D eigenvalue weighted by Crippen LogP contribution is 2.28. The Morgan fingerprint density at radius 2 is 2.39 bits per heavy atom. The van der Waals surface area contributed by atoms with Crippen molar-refractivity contribution in [1.29, 1.82) is 0 Å². The predicted octanol–water partition coefficient (Wildman–Crippen LogP) is 3.53. The van der Waals surface area contributed by atoms with Gasteiger partial charge in [-0.05, 0) is 31.2 Å². The maximum atomic E-state index is 12.0. The van der Waals surface area contributed by atoms with Crippen LogP contribution in [0.5, 0.6) is 0 Å². The summed E-state index contributed by atoms with van der Waals surface area (Å²) in [6.07, 6.45) is 7.22. The van der Waals surface area contributed by atoms with Crippen LogP contribution in [0.15, 0.2) is 16.7 Å². The van der Waals surface area contributed by atoms with Crippen molar-refractivity contribution < 1.29 is 9.21 Å². The van der Waals surface area contributed by atoms with Crippen LogP contribution in [0.25, 0.3) is 0 Å². The first-order valence-corrected chi connectivity index (χ1v) is 7.61. The zero-order chi connectivity index (χ0) is 13.0. The number of nitrogens with one attached hydrogen (secondary N) is 1. The Bertz CT molecular complexity index is 402. The van der Waals surface area contributed by atoms with Crippen LogP contribution < -0.4 is 5.32 Å². The molecule has 0 radical (unpaired) electrons. The van der Waals surface area contributed by atoms with E-state index in [4.69, 9.17) is 4.42 Å². The van der Waals surface area contributed by atoms with E-state index in [1.165, 1.54) is 19.3 Å². The van der Waals surface area contributed by atoms with E-state index in [1.807, 2.05) is 6.92 Å². The number of hydrogen-bond donors (Lipinski definition) is 1. The summed E-state index contributed by atoms with van der Waals surface area (Å²) in [5.74, 6) is 1.37. The zero-order valence-electron chi connectivity index (χ0n) is 10.7. The van der Waals surface area contributed by atoms with Gasteiger partial charge in [0, 0.05) is 17.8 Å². The highest BCUT2D eigenvalue weighted by atomic mass is 79.9. The predicted molar refractivity (Wildman–Crippen MR) is 75.1 cm³/mol. The minimum Gasteiger partial charge on any atom is -0.469 e. The van der Waals surface area contributed by atoms with Gasteiger partial charge in [-0.25, -0.2) is 0 Å². The average molecular weight is 314 g/mol. The molecule has 1 aromatic rings. The lowest BCUT2D eigenvalue weighted by atomic mass is 9.89. The molecule has 0 aromatic carbocycles. The fourth-order valence-corrected chi connectivity index (χ4v) is 3.41. The van der Waals surface area contributed by atoms with Crippen molar-refractivity contribution in [2.45, 2.75) is 43.9 Å². The van der Waals surface area contributed by atoms with Crippen molar-refractivity contribution in [2.24, 2.45) is 5.92 Å². The molecular weight excluding hydrogens is 294 g/mol. The molecule has 1 N–H and O–H groups in total. The lowest BCUT2D eigenvalue weighted by Gasteiger charge is -2.25. The summed E-state index contributed by atoms with van der Waals surface area (Å²) in [7, 11) is 0. The molecule has 2 rings (SSSR count). The molecule has 0 spiro atoms. The minimum absolute atomic E-state index is 0.00250. The van der Waals surface area contributed by atoms with Crippen LogP contribution in [0.1, 0.15) is 48.7 Å². The first kappa shape index (κ1) is 13.7. The molecule has 1 fully saturated rings. The fourth-order valence-electron chi connectivity index (χ4n) is 2.56. The molecule has 2 atom stereocenters. The molecule has 2 unspecified atom stereocenters. The Morgan fingerprint density at radius 3 is 3.11 bits per heavy atom. The number of carbonyl (C=O) groups excluding carboxylic acids is 1. The normalized spacial score (nSPS) is 23.9. The molecule has 0 aliphatic heterocycles. The number of hydrogen-bond acceptors (Lipinski definition) is 2. The quantitative estimate of drug-likeness (QED) is 0.864. The number of amides is 1. The highest BCUT2D eigenvalue weighted by molar-refractivity contribution is 9.09. The summed E-state index contributed by atoms with van der Waals surface area (Å²) in [5.41, 5.74) is 0.684. The Balaban J connectivity index is 1.84. The summed E-state index contributed by atoms with van der Waals surface area (Å²) in [6, 6.07) is 1.75. The first-order chi connectivity index (χ1) is 8.70. The van der Waals surface area contributed by atoms with Crippen LogP contribution in [0, 0.1) is 5.92 Å². The molecular formula is C14H20BrNO2. The molecule has 3 nitrogen and oxygen atoms in total. The van der Waals surface area contributed by atoms with Gasteiger partial charge in [0.05, 0.1) is 11.8 Å². The SMILES string of the molecule is CCc1occc1C(=O)NCC1CCCC(Br)C1. The minimum atomic E-state index is -0.00250. The number of aryl methyl sites for hydroxylation is 1. The lowest BCUT2D eigenvalue weighted by Crippen LogP contribution is -2.32. The van der Waals surface area contributed by atoms with Gasteiger partial charge in [-0.2, -0.15) is 0 Å². The number of rotatable bonds is 4. The Labute approximate surface area is 116 Å². The maximum absolute atomic E-state index is 12.0. The molecule has 0 saturated heterocycles. The monoisotopic (exact) mass is 313 g/mol. The van der Waals surface area contributed by atoms with Gasteiger partial charge >= 0.3 is 0 Å². The van der Waals surface area contributed by atoms with E-state index >= 15 is 0 Å². The second kappa shape index (κ2) is 6.41. The van der Waals surface area contributed by atoms with Crippen molar-refractivity contribution in [1.82, 2.24) is 5.32 Å². The lowest BCUT2D eigenvalue weighted by molar-refractivity contribution is 0.0942. The third-order valence-corrected chi connectivity index (χ3v) is 4.41. The second-order valence-corrected chi connectivity index (χ2v) is 6.25. The number of alkyl halides is 1. The average Bonchev–Trinajstić information content (AvgIpc) is 2.84. The summed E-state index contributed by atoms with van der Waals surface area (Å²) < 4.78 is 5.28. The van der Waals surface area contributed by atoms with Crippen molar-refractivity contribution >= 4 is 21.8 Å². The summed E-state index contributed by atoms with van der Waals surface area (Å²) in [4.78, 5) is 12.6. The fraction of sp³-hybridized carbons (Fsp3) is 0.643. The summed E-state index contributed by atoms with van der Waals surface area (Å²) in [5, 5.41) is 3.03. The van der Waals surface area contributed by atoms with Crippen LogP contribution in [-0.2, 0) is 6.42 Å². The molecule has 1 aliphatic rings. The highest BCUT2D eigenvalue weighted by Gasteiger charge is 2.21. The maximum Gasteiger partial charge on any atom is 0.254 e. The largest absolute Gasteiger partial charge is 0.469 e. The van der Waals surface area contributed by atoms with E-state index < -0.39 is 0 Å². The molecule has 1 heterocycles.